The van der Waals surface area contributed by atoms with E-state index in [-0.39, 0.29) is 0 Å². The minimum absolute atomic E-state index is 0.517. The number of rotatable bonds is 9. The fourth-order valence-corrected chi connectivity index (χ4v) is 3.91. The molecule has 0 unspecified atom stereocenters. The molecule has 4 rings (SSSR count). The lowest BCUT2D eigenvalue weighted by atomic mass is 10.3. The number of hydrogen-bond donors (Lipinski definition) is 0. The number of ether oxygens (including phenoxy) is 1. The fraction of sp³-hybridized carbons (Fsp3) is 0.278. The topological polar surface area (TPSA) is 77.4 Å². The van der Waals surface area contributed by atoms with Crippen molar-refractivity contribution >= 4 is 22.7 Å². The molecule has 0 aliphatic rings. The number of aromatic nitrogens is 3. The van der Waals surface area contributed by atoms with Gasteiger partial charge in [0, 0.05) is 26.3 Å². The molecule has 27 heavy (non-hydrogen) atoms. The Morgan fingerprint density at radius 1 is 1.07 bits per heavy atom. The first kappa shape index (κ1) is 18.1. The molecule has 0 saturated heterocycles. The lowest BCUT2D eigenvalue weighted by molar-refractivity contribution is 0.132. The third kappa shape index (κ3) is 4.51. The Hall–Kier alpha value is -2.33. The van der Waals surface area contributed by atoms with Gasteiger partial charge in [-0.05, 0) is 22.9 Å². The zero-order valence-corrected chi connectivity index (χ0v) is 16.3. The first-order valence-electron chi connectivity index (χ1n) is 8.39. The van der Waals surface area contributed by atoms with Gasteiger partial charge in [0.1, 0.15) is 0 Å². The summed E-state index contributed by atoms with van der Waals surface area (Å²) < 4.78 is 16.5. The van der Waals surface area contributed by atoms with Gasteiger partial charge in [0.05, 0.1) is 28.6 Å². The van der Waals surface area contributed by atoms with Crippen LogP contribution in [0.3, 0.4) is 0 Å². The lowest BCUT2D eigenvalue weighted by Gasteiger charge is -2.18. The number of nitrogens with zero attached hydrogens (tertiary/aromatic N) is 4. The average molecular weight is 403 g/mol. The Balaban J connectivity index is 1.45. The smallest absolute Gasteiger partial charge is 0.257 e. The molecule has 0 bridgehead atoms. The summed E-state index contributed by atoms with van der Waals surface area (Å²) in [5.41, 5.74) is 0.854. The molecule has 0 aliphatic heterocycles. The van der Waals surface area contributed by atoms with Crippen LogP contribution >= 0.6 is 22.7 Å². The quantitative estimate of drug-likeness (QED) is 0.416. The molecule has 7 nitrogen and oxygen atoms in total. The van der Waals surface area contributed by atoms with E-state index in [1.54, 1.807) is 29.8 Å². The number of hydrogen-bond acceptors (Lipinski definition) is 9. The fourth-order valence-electron chi connectivity index (χ4n) is 2.59. The van der Waals surface area contributed by atoms with Crippen molar-refractivity contribution in [2.45, 2.75) is 13.1 Å². The molecule has 0 spiro atoms. The van der Waals surface area contributed by atoms with Gasteiger partial charge in [-0.25, -0.2) is 0 Å². The van der Waals surface area contributed by atoms with Crippen molar-refractivity contribution in [1.82, 2.24) is 20.3 Å². The molecule has 0 amide bonds. The van der Waals surface area contributed by atoms with Gasteiger partial charge in [0.25, 0.3) is 5.89 Å². The van der Waals surface area contributed by atoms with Gasteiger partial charge < -0.3 is 13.7 Å². The van der Waals surface area contributed by atoms with Crippen LogP contribution in [0.2, 0.25) is 0 Å². The van der Waals surface area contributed by atoms with Crippen molar-refractivity contribution in [3.8, 4) is 21.4 Å². The maximum atomic E-state index is 5.80. The van der Waals surface area contributed by atoms with Crippen LogP contribution in [0.1, 0.15) is 11.6 Å². The van der Waals surface area contributed by atoms with Gasteiger partial charge in [-0.2, -0.15) is 0 Å². The van der Waals surface area contributed by atoms with Gasteiger partial charge >= 0.3 is 0 Å². The molecule has 0 aromatic carbocycles. The maximum Gasteiger partial charge on any atom is 0.257 e. The van der Waals surface area contributed by atoms with Gasteiger partial charge in [-0.3, -0.25) is 4.90 Å². The minimum atomic E-state index is 0.517. The second-order valence-electron chi connectivity index (χ2n) is 5.84. The molecule has 0 saturated carbocycles. The van der Waals surface area contributed by atoms with E-state index in [4.69, 9.17) is 13.7 Å². The molecular formula is C18H18N4O3S2. The van der Waals surface area contributed by atoms with Crippen molar-refractivity contribution in [3.05, 3.63) is 52.7 Å². The van der Waals surface area contributed by atoms with Gasteiger partial charge in [-0.1, -0.05) is 17.3 Å². The third-order valence-corrected chi connectivity index (χ3v) is 5.62. The summed E-state index contributed by atoms with van der Waals surface area (Å²) in [6, 6.07) is 9.91. The van der Waals surface area contributed by atoms with Crippen molar-refractivity contribution in [2.24, 2.45) is 0 Å². The predicted octanol–water partition coefficient (Wildman–Crippen LogP) is 4.16. The monoisotopic (exact) mass is 402 g/mol. The van der Waals surface area contributed by atoms with Crippen LogP contribution in [-0.4, -0.2) is 40.5 Å². The van der Waals surface area contributed by atoms with E-state index >= 15 is 0 Å². The summed E-state index contributed by atoms with van der Waals surface area (Å²) in [5, 5.41) is 16.5. The van der Waals surface area contributed by atoms with E-state index in [1.807, 2.05) is 41.1 Å². The van der Waals surface area contributed by atoms with E-state index in [2.05, 4.69) is 20.3 Å². The Bertz CT molecular complexity index is 873. The van der Waals surface area contributed by atoms with Crippen LogP contribution in [0, 0.1) is 0 Å². The van der Waals surface area contributed by atoms with E-state index in [0.29, 0.717) is 38.0 Å². The highest BCUT2D eigenvalue weighted by atomic mass is 32.1. The van der Waals surface area contributed by atoms with Crippen LogP contribution < -0.4 is 0 Å². The molecular weight excluding hydrogens is 384 g/mol. The number of thiophene rings is 2. The highest BCUT2D eigenvalue weighted by molar-refractivity contribution is 7.13. The minimum Gasteiger partial charge on any atom is -0.419 e. The van der Waals surface area contributed by atoms with Crippen LogP contribution in [0.4, 0.5) is 0 Å². The Labute approximate surface area is 164 Å². The van der Waals surface area contributed by atoms with E-state index in [1.165, 1.54) is 0 Å². The Kier molecular flexibility index (Phi) is 5.73. The zero-order chi connectivity index (χ0) is 18.5. The normalized spacial score (nSPS) is 11.5. The Morgan fingerprint density at radius 3 is 2.63 bits per heavy atom. The second kappa shape index (κ2) is 8.57. The highest BCUT2D eigenvalue weighted by Crippen LogP contribution is 2.26. The van der Waals surface area contributed by atoms with Crippen molar-refractivity contribution in [1.29, 1.82) is 0 Å². The molecule has 0 atom stereocenters. The van der Waals surface area contributed by atoms with Crippen LogP contribution in [-0.2, 0) is 17.8 Å². The lowest BCUT2D eigenvalue weighted by Crippen LogP contribution is -2.27. The average Bonchev–Trinajstić information content (AvgIpc) is 3.47. The number of methoxy groups -OCH3 is 1. The molecule has 9 heteroatoms. The molecule has 0 N–H and O–H groups in total. The molecule has 0 aliphatic carbocycles. The standard InChI is InChI=1S/C18H18N4O3S2/c1-23-7-6-22(11-13-10-14(25-21-13)15-4-2-8-26-15)12-17-19-20-18(24-17)16-5-3-9-27-16/h2-5,8-10H,6-7,11-12H2,1H3. The summed E-state index contributed by atoms with van der Waals surface area (Å²) >= 11 is 3.20. The van der Waals surface area contributed by atoms with Crippen molar-refractivity contribution in [2.75, 3.05) is 20.3 Å². The summed E-state index contributed by atoms with van der Waals surface area (Å²) in [4.78, 5) is 4.18. The van der Waals surface area contributed by atoms with E-state index < -0.39 is 0 Å². The van der Waals surface area contributed by atoms with Crippen molar-refractivity contribution < 1.29 is 13.7 Å². The Morgan fingerprint density at radius 2 is 1.89 bits per heavy atom. The molecule has 0 radical (unpaired) electrons. The zero-order valence-electron chi connectivity index (χ0n) is 14.7. The van der Waals surface area contributed by atoms with Gasteiger partial charge in [0.2, 0.25) is 5.89 Å². The first-order valence-corrected chi connectivity index (χ1v) is 10.1. The maximum absolute atomic E-state index is 5.80. The third-order valence-electron chi connectivity index (χ3n) is 3.88. The largest absolute Gasteiger partial charge is 0.419 e. The van der Waals surface area contributed by atoms with E-state index in [9.17, 15) is 0 Å². The highest BCUT2D eigenvalue weighted by Gasteiger charge is 2.16. The summed E-state index contributed by atoms with van der Waals surface area (Å²) in [7, 11) is 1.69. The van der Waals surface area contributed by atoms with Gasteiger partial charge in [-0.15, -0.1) is 32.9 Å². The molecule has 0 fully saturated rings. The predicted molar refractivity (Wildman–Crippen MR) is 103 cm³/mol. The molecule has 4 aromatic heterocycles. The first-order chi connectivity index (χ1) is 13.3. The van der Waals surface area contributed by atoms with Crippen molar-refractivity contribution in [3.63, 3.8) is 0 Å². The summed E-state index contributed by atoms with van der Waals surface area (Å²) in [6.07, 6.45) is 0. The second-order valence-corrected chi connectivity index (χ2v) is 7.74. The molecule has 4 aromatic rings. The summed E-state index contributed by atoms with van der Waals surface area (Å²) in [5.74, 6) is 1.90. The van der Waals surface area contributed by atoms with Crippen LogP contribution in [0.15, 0.2) is 50.0 Å². The molecule has 140 valence electrons. The summed E-state index contributed by atoms with van der Waals surface area (Å²) in [6.45, 7) is 2.44. The van der Waals surface area contributed by atoms with Crippen LogP contribution in [0.5, 0.6) is 0 Å². The van der Waals surface area contributed by atoms with E-state index in [0.717, 1.165) is 21.2 Å². The van der Waals surface area contributed by atoms with Gasteiger partial charge in [0.15, 0.2) is 5.76 Å². The van der Waals surface area contributed by atoms with Crippen LogP contribution in [0.25, 0.3) is 21.4 Å². The SMILES string of the molecule is COCCN(Cc1cc(-c2cccs2)on1)Cc1nnc(-c2cccs2)o1. The molecule has 4 heterocycles.